The Morgan fingerprint density at radius 1 is 1.25 bits per heavy atom. The highest BCUT2D eigenvalue weighted by Crippen LogP contribution is 2.51. The van der Waals surface area contributed by atoms with E-state index in [0.717, 1.165) is 5.56 Å². The van der Waals surface area contributed by atoms with Gasteiger partial charge in [0.1, 0.15) is 5.60 Å². The topological polar surface area (TPSA) is 84.9 Å². The van der Waals surface area contributed by atoms with Crippen LogP contribution >= 0.6 is 0 Å². The van der Waals surface area contributed by atoms with Crippen molar-refractivity contribution in [1.82, 2.24) is 10.2 Å². The van der Waals surface area contributed by atoms with Crippen molar-refractivity contribution >= 4 is 17.9 Å². The van der Waals surface area contributed by atoms with Gasteiger partial charge >= 0.3 is 6.09 Å². The first-order valence-electron chi connectivity index (χ1n) is 9.58. The van der Waals surface area contributed by atoms with Gasteiger partial charge in [0.15, 0.2) is 0 Å². The second kappa shape index (κ2) is 7.05. The maximum atomic E-state index is 13.1. The number of hydrogen-bond acceptors (Lipinski definition) is 5. The maximum absolute atomic E-state index is 13.1. The van der Waals surface area contributed by atoms with Crippen molar-refractivity contribution in [3.8, 4) is 0 Å². The van der Waals surface area contributed by atoms with E-state index in [-0.39, 0.29) is 30.8 Å². The van der Waals surface area contributed by atoms with Crippen LogP contribution in [-0.2, 0) is 25.6 Å². The number of imide groups is 1. The zero-order valence-electron chi connectivity index (χ0n) is 16.0. The van der Waals surface area contributed by atoms with E-state index in [2.05, 4.69) is 5.32 Å². The van der Waals surface area contributed by atoms with Crippen molar-refractivity contribution in [2.45, 2.75) is 32.1 Å². The molecule has 0 unspecified atom stereocenters. The minimum atomic E-state index is -0.996. The van der Waals surface area contributed by atoms with E-state index < -0.39 is 29.6 Å². The number of amides is 3. The number of hydrogen-bond donors (Lipinski definition) is 1. The molecule has 3 heterocycles. The molecule has 1 aromatic carbocycles. The van der Waals surface area contributed by atoms with E-state index >= 15 is 0 Å². The van der Waals surface area contributed by atoms with E-state index in [0.29, 0.717) is 6.61 Å². The predicted octanol–water partition coefficient (Wildman–Crippen LogP) is 1.88. The Labute approximate surface area is 163 Å². The zero-order chi connectivity index (χ0) is 19.9. The molecule has 2 fully saturated rings. The van der Waals surface area contributed by atoms with E-state index in [1.807, 2.05) is 50.3 Å². The standard InChI is InChI=1S/C21H24N2O5/c1-13(2)11-27-20(26)22-12-21-9-8-15(28-21)16-17(21)19(25)23(18(16)24)10-14-6-4-3-5-7-14/h3-9,13,15-17H,10-12H2,1-2H3,(H,22,26)/t15-,16+,17+,21-/m0/s1. The van der Waals surface area contributed by atoms with Crippen LogP contribution in [0.4, 0.5) is 4.79 Å². The van der Waals surface area contributed by atoms with Crippen molar-refractivity contribution in [2.24, 2.45) is 17.8 Å². The minimum Gasteiger partial charge on any atom is -0.449 e. The summed E-state index contributed by atoms with van der Waals surface area (Å²) in [7, 11) is 0. The highest BCUT2D eigenvalue weighted by molar-refractivity contribution is 6.07. The number of nitrogens with one attached hydrogen (secondary N) is 1. The summed E-state index contributed by atoms with van der Waals surface area (Å²) in [6, 6.07) is 9.43. The Balaban J connectivity index is 1.48. The van der Waals surface area contributed by atoms with Crippen LogP contribution in [-0.4, -0.2) is 47.7 Å². The number of carbonyl (C=O) groups is 3. The summed E-state index contributed by atoms with van der Waals surface area (Å²) in [4.78, 5) is 39.3. The van der Waals surface area contributed by atoms with Crippen LogP contribution < -0.4 is 5.32 Å². The minimum absolute atomic E-state index is 0.0935. The molecule has 3 aliphatic rings. The lowest BCUT2D eigenvalue weighted by molar-refractivity contribution is -0.144. The fourth-order valence-electron chi connectivity index (χ4n) is 4.19. The summed E-state index contributed by atoms with van der Waals surface area (Å²) < 4.78 is 11.1. The van der Waals surface area contributed by atoms with Crippen molar-refractivity contribution in [2.75, 3.05) is 13.2 Å². The molecule has 2 bridgehead atoms. The number of ether oxygens (including phenoxy) is 2. The third-order valence-corrected chi connectivity index (χ3v) is 5.49. The molecule has 4 rings (SSSR count). The number of nitrogens with zero attached hydrogens (tertiary/aromatic N) is 1. The summed E-state index contributed by atoms with van der Waals surface area (Å²) >= 11 is 0. The summed E-state index contributed by atoms with van der Waals surface area (Å²) in [5.74, 6) is -1.38. The first-order valence-corrected chi connectivity index (χ1v) is 9.58. The number of alkyl carbamates (subject to hydrolysis) is 1. The van der Waals surface area contributed by atoms with Gasteiger partial charge in [-0.05, 0) is 11.5 Å². The SMILES string of the molecule is CC(C)COC(=O)NC[C@]12C=C[C@H](O1)[C@H]1C(=O)N(Cc3ccccc3)C(=O)[C@@H]12. The molecule has 2 saturated heterocycles. The highest BCUT2D eigenvalue weighted by atomic mass is 16.6. The van der Waals surface area contributed by atoms with Crippen LogP contribution in [0.2, 0.25) is 0 Å². The van der Waals surface area contributed by atoms with Crippen molar-refractivity contribution in [1.29, 1.82) is 0 Å². The molecule has 148 valence electrons. The molecule has 1 N–H and O–H groups in total. The predicted molar refractivity (Wildman–Crippen MR) is 99.9 cm³/mol. The first-order chi connectivity index (χ1) is 13.4. The lowest BCUT2D eigenvalue weighted by Gasteiger charge is -2.29. The van der Waals surface area contributed by atoms with Gasteiger partial charge in [-0.15, -0.1) is 0 Å². The van der Waals surface area contributed by atoms with Crippen LogP contribution in [0, 0.1) is 17.8 Å². The molecular weight excluding hydrogens is 360 g/mol. The quantitative estimate of drug-likeness (QED) is 0.598. The molecule has 0 aromatic heterocycles. The Morgan fingerprint density at radius 2 is 2.00 bits per heavy atom. The Hall–Kier alpha value is -2.67. The number of carbonyl (C=O) groups excluding carboxylic acids is 3. The van der Waals surface area contributed by atoms with Gasteiger partial charge in [-0.25, -0.2) is 4.79 Å². The van der Waals surface area contributed by atoms with Crippen molar-refractivity contribution in [3.05, 3.63) is 48.0 Å². The molecule has 1 aromatic rings. The lowest BCUT2D eigenvalue weighted by Crippen LogP contribution is -2.48. The lowest BCUT2D eigenvalue weighted by atomic mass is 9.77. The molecule has 7 nitrogen and oxygen atoms in total. The fraction of sp³-hybridized carbons (Fsp3) is 0.476. The summed E-state index contributed by atoms with van der Waals surface area (Å²) in [5.41, 5.74) is -0.0977. The van der Waals surface area contributed by atoms with Crippen molar-refractivity contribution < 1.29 is 23.9 Å². The first kappa shape index (κ1) is 18.7. The maximum Gasteiger partial charge on any atom is 0.407 e. The molecular formula is C21H24N2O5. The fourth-order valence-corrected chi connectivity index (χ4v) is 4.19. The van der Waals surface area contributed by atoms with Gasteiger partial charge in [0.05, 0.1) is 37.6 Å². The Morgan fingerprint density at radius 3 is 2.71 bits per heavy atom. The van der Waals surface area contributed by atoms with Crippen LogP contribution in [0.1, 0.15) is 19.4 Å². The van der Waals surface area contributed by atoms with Crippen LogP contribution in [0.15, 0.2) is 42.5 Å². The van der Waals surface area contributed by atoms with Gasteiger partial charge in [0, 0.05) is 0 Å². The molecule has 3 amide bonds. The van der Waals surface area contributed by atoms with Gasteiger partial charge in [0.2, 0.25) is 11.8 Å². The third-order valence-electron chi connectivity index (χ3n) is 5.49. The molecule has 4 atom stereocenters. The van der Waals surface area contributed by atoms with Gasteiger partial charge in [-0.3, -0.25) is 14.5 Å². The van der Waals surface area contributed by atoms with Crippen LogP contribution in [0.3, 0.4) is 0 Å². The summed E-state index contributed by atoms with van der Waals surface area (Å²) in [5, 5.41) is 2.69. The largest absolute Gasteiger partial charge is 0.449 e. The monoisotopic (exact) mass is 384 g/mol. The molecule has 0 radical (unpaired) electrons. The Bertz CT molecular complexity index is 821. The number of fused-ring (bicyclic) bond motifs is 5. The number of likely N-dealkylation sites (tertiary alicyclic amines) is 1. The van der Waals surface area contributed by atoms with Gasteiger partial charge in [-0.1, -0.05) is 56.3 Å². The number of benzene rings is 1. The number of rotatable bonds is 6. The summed E-state index contributed by atoms with van der Waals surface area (Å²) in [6.45, 7) is 4.55. The smallest absolute Gasteiger partial charge is 0.407 e. The summed E-state index contributed by atoms with van der Waals surface area (Å²) in [6.07, 6.45) is 2.64. The van der Waals surface area contributed by atoms with E-state index in [1.54, 1.807) is 6.08 Å². The molecule has 0 spiro atoms. The molecule has 0 aliphatic carbocycles. The van der Waals surface area contributed by atoms with Crippen LogP contribution in [0.5, 0.6) is 0 Å². The zero-order valence-corrected chi connectivity index (χ0v) is 16.0. The molecule has 28 heavy (non-hydrogen) atoms. The average Bonchev–Trinajstić information content (AvgIpc) is 3.32. The average molecular weight is 384 g/mol. The normalized spacial score (nSPS) is 30.2. The Kier molecular flexibility index (Phi) is 4.71. The molecule has 0 saturated carbocycles. The van der Waals surface area contributed by atoms with E-state index in [9.17, 15) is 14.4 Å². The third kappa shape index (κ3) is 3.09. The van der Waals surface area contributed by atoms with Gasteiger partial charge in [-0.2, -0.15) is 0 Å². The second-order valence-electron chi connectivity index (χ2n) is 7.99. The molecule has 3 aliphatic heterocycles. The van der Waals surface area contributed by atoms with E-state index in [4.69, 9.17) is 9.47 Å². The van der Waals surface area contributed by atoms with Gasteiger partial charge in [0.25, 0.3) is 0 Å². The highest BCUT2D eigenvalue weighted by Gasteiger charge is 2.67. The van der Waals surface area contributed by atoms with Gasteiger partial charge < -0.3 is 14.8 Å². The second-order valence-corrected chi connectivity index (χ2v) is 7.99. The van der Waals surface area contributed by atoms with E-state index in [1.165, 1.54) is 4.90 Å². The van der Waals surface area contributed by atoms with Crippen molar-refractivity contribution in [3.63, 3.8) is 0 Å². The molecule has 7 heteroatoms. The van der Waals surface area contributed by atoms with Crippen LogP contribution in [0.25, 0.3) is 0 Å².